The third-order valence-corrected chi connectivity index (χ3v) is 1.92. The monoisotopic (exact) mass is 148 g/mol. The van der Waals surface area contributed by atoms with Gasteiger partial charge in [0.1, 0.15) is 0 Å². The molecule has 1 aliphatic heterocycles. The topological polar surface area (TPSA) is 29.5 Å². The molecule has 1 N–H and O–H groups in total. The molecule has 1 fully saturated rings. The molecule has 0 amide bonds. The van der Waals surface area contributed by atoms with Gasteiger partial charge in [-0.3, -0.25) is 0 Å². The molecule has 0 saturated carbocycles. The maximum Gasteiger partial charge on any atom is 0.189 e. The minimum atomic E-state index is -1.54. The van der Waals surface area contributed by atoms with Crippen LogP contribution in [0.1, 0.15) is 26.7 Å². The molecule has 2 unspecified atom stereocenters. The Morgan fingerprint density at radius 2 is 2.40 bits per heavy atom. The van der Waals surface area contributed by atoms with Crippen LogP contribution in [0.2, 0.25) is 0 Å². The van der Waals surface area contributed by atoms with E-state index < -0.39 is 12.0 Å². The van der Waals surface area contributed by atoms with E-state index in [2.05, 4.69) is 0 Å². The van der Waals surface area contributed by atoms with Gasteiger partial charge in [0.2, 0.25) is 0 Å². The first-order chi connectivity index (χ1) is 4.56. The van der Waals surface area contributed by atoms with Crippen LogP contribution in [0.15, 0.2) is 0 Å². The Kier molecular flexibility index (Phi) is 1.97. The Labute approximate surface area is 60.0 Å². The summed E-state index contributed by atoms with van der Waals surface area (Å²) in [6.45, 7) is 3.28. The SMILES string of the molecule is CCC1C[C@@](C)(F)C(O)O1. The number of hydrogen-bond donors (Lipinski definition) is 1. The Morgan fingerprint density at radius 3 is 2.60 bits per heavy atom. The van der Waals surface area contributed by atoms with Gasteiger partial charge in [0.25, 0.3) is 0 Å². The number of halogens is 1. The summed E-state index contributed by atoms with van der Waals surface area (Å²) in [5.41, 5.74) is -1.54. The molecule has 3 heteroatoms. The number of rotatable bonds is 1. The zero-order valence-electron chi connectivity index (χ0n) is 6.30. The molecular formula is C7H13FO2. The van der Waals surface area contributed by atoms with Crippen LogP contribution in [-0.4, -0.2) is 23.2 Å². The van der Waals surface area contributed by atoms with Gasteiger partial charge in [0.15, 0.2) is 12.0 Å². The minimum absolute atomic E-state index is 0.106. The van der Waals surface area contributed by atoms with E-state index in [1.54, 1.807) is 0 Å². The lowest BCUT2D eigenvalue weighted by Crippen LogP contribution is -2.28. The highest BCUT2D eigenvalue weighted by Crippen LogP contribution is 2.33. The highest BCUT2D eigenvalue weighted by atomic mass is 19.1. The van der Waals surface area contributed by atoms with Crippen LogP contribution < -0.4 is 0 Å². The van der Waals surface area contributed by atoms with Crippen molar-refractivity contribution >= 4 is 0 Å². The average Bonchev–Trinajstić information content (AvgIpc) is 2.08. The van der Waals surface area contributed by atoms with Crippen LogP contribution in [0.3, 0.4) is 0 Å². The molecule has 0 radical (unpaired) electrons. The van der Waals surface area contributed by atoms with Crippen molar-refractivity contribution < 1.29 is 14.2 Å². The van der Waals surface area contributed by atoms with E-state index in [-0.39, 0.29) is 6.10 Å². The first-order valence-corrected chi connectivity index (χ1v) is 3.58. The van der Waals surface area contributed by atoms with Crippen LogP contribution in [0.5, 0.6) is 0 Å². The highest BCUT2D eigenvalue weighted by Gasteiger charge is 2.43. The van der Waals surface area contributed by atoms with E-state index in [0.717, 1.165) is 6.42 Å². The van der Waals surface area contributed by atoms with Crippen molar-refractivity contribution in [2.45, 2.75) is 44.8 Å². The predicted molar refractivity (Wildman–Crippen MR) is 35.3 cm³/mol. The molecule has 1 aliphatic rings. The quantitative estimate of drug-likeness (QED) is 0.606. The Balaban J connectivity index is 2.53. The number of ether oxygens (including phenoxy) is 1. The summed E-state index contributed by atoms with van der Waals surface area (Å²) < 4.78 is 18.0. The van der Waals surface area contributed by atoms with Crippen LogP contribution in [0.25, 0.3) is 0 Å². The molecule has 0 bridgehead atoms. The van der Waals surface area contributed by atoms with Crippen LogP contribution in [0.4, 0.5) is 4.39 Å². The maximum atomic E-state index is 13.1. The lowest BCUT2D eigenvalue weighted by atomic mass is 10.0. The fraction of sp³-hybridized carbons (Fsp3) is 1.00. The van der Waals surface area contributed by atoms with E-state index in [4.69, 9.17) is 9.84 Å². The molecular weight excluding hydrogens is 135 g/mol. The lowest BCUT2D eigenvalue weighted by Gasteiger charge is -2.14. The zero-order chi connectivity index (χ0) is 7.78. The molecule has 0 aromatic heterocycles. The van der Waals surface area contributed by atoms with E-state index >= 15 is 0 Å². The molecule has 1 heterocycles. The molecule has 0 aromatic carbocycles. The van der Waals surface area contributed by atoms with Crippen molar-refractivity contribution in [1.82, 2.24) is 0 Å². The van der Waals surface area contributed by atoms with Crippen LogP contribution >= 0.6 is 0 Å². The maximum absolute atomic E-state index is 13.1. The van der Waals surface area contributed by atoms with Gasteiger partial charge in [-0.25, -0.2) is 4.39 Å². The Morgan fingerprint density at radius 1 is 1.80 bits per heavy atom. The third-order valence-electron chi connectivity index (χ3n) is 1.92. The van der Waals surface area contributed by atoms with E-state index in [0.29, 0.717) is 6.42 Å². The molecule has 0 aliphatic carbocycles. The van der Waals surface area contributed by atoms with Gasteiger partial charge in [0, 0.05) is 6.42 Å². The number of aliphatic hydroxyl groups excluding tert-OH is 1. The van der Waals surface area contributed by atoms with Gasteiger partial charge in [-0.2, -0.15) is 0 Å². The predicted octanol–water partition coefficient (Wildman–Crippen LogP) is 1.23. The second-order valence-electron chi connectivity index (χ2n) is 3.00. The molecule has 3 atom stereocenters. The second kappa shape index (κ2) is 2.47. The van der Waals surface area contributed by atoms with Gasteiger partial charge in [0.05, 0.1) is 6.10 Å². The molecule has 1 rings (SSSR count). The van der Waals surface area contributed by atoms with Crippen molar-refractivity contribution in [2.24, 2.45) is 0 Å². The van der Waals surface area contributed by atoms with E-state index in [1.807, 2.05) is 6.92 Å². The van der Waals surface area contributed by atoms with Gasteiger partial charge >= 0.3 is 0 Å². The van der Waals surface area contributed by atoms with Gasteiger partial charge in [-0.1, -0.05) is 6.92 Å². The molecule has 10 heavy (non-hydrogen) atoms. The third kappa shape index (κ3) is 1.30. The van der Waals surface area contributed by atoms with Crippen molar-refractivity contribution in [3.63, 3.8) is 0 Å². The smallest absolute Gasteiger partial charge is 0.189 e. The van der Waals surface area contributed by atoms with Crippen molar-refractivity contribution in [1.29, 1.82) is 0 Å². The van der Waals surface area contributed by atoms with Crippen molar-refractivity contribution in [3.05, 3.63) is 0 Å². The van der Waals surface area contributed by atoms with Crippen molar-refractivity contribution in [3.8, 4) is 0 Å². The molecule has 2 nitrogen and oxygen atoms in total. The van der Waals surface area contributed by atoms with Crippen LogP contribution in [-0.2, 0) is 4.74 Å². The summed E-state index contributed by atoms with van der Waals surface area (Å²) in [7, 11) is 0. The molecule has 0 aromatic rings. The molecule has 1 saturated heterocycles. The summed E-state index contributed by atoms with van der Waals surface area (Å²) in [6, 6.07) is 0. The van der Waals surface area contributed by atoms with Crippen LogP contribution in [0, 0.1) is 0 Å². The number of hydrogen-bond acceptors (Lipinski definition) is 2. The first kappa shape index (κ1) is 7.95. The summed E-state index contributed by atoms with van der Waals surface area (Å²) in [5.74, 6) is 0. The fourth-order valence-corrected chi connectivity index (χ4v) is 1.16. The summed E-state index contributed by atoms with van der Waals surface area (Å²) in [6.07, 6.45) is -0.260. The summed E-state index contributed by atoms with van der Waals surface area (Å²) in [4.78, 5) is 0. The molecule has 0 spiro atoms. The highest BCUT2D eigenvalue weighted by molar-refractivity contribution is 4.86. The first-order valence-electron chi connectivity index (χ1n) is 3.58. The summed E-state index contributed by atoms with van der Waals surface area (Å²) in [5, 5.41) is 8.96. The van der Waals surface area contributed by atoms with Gasteiger partial charge < -0.3 is 9.84 Å². The number of aliphatic hydroxyl groups is 1. The van der Waals surface area contributed by atoms with E-state index in [1.165, 1.54) is 6.92 Å². The fourth-order valence-electron chi connectivity index (χ4n) is 1.16. The Hall–Kier alpha value is -0.150. The zero-order valence-corrected chi connectivity index (χ0v) is 6.30. The number of alkyl halides is 1. The average molecular weight is 148 g/mol. The standard InChI is InChI=1S/C7H13FO2/c1-3-5-4-7(2,8)6(9)10-5/h5-6,9H,3-4H2,1-2H3/t5?,6?,7-/m1/s1. The van der Waals surface area contributed by atoms with Crippen molar-refractivity contribution in [2.75, 3.05) is 0 Å². The molecule has 60 valence electrons. The summed E-state index contributed by atoms with van der Waals surface area (Å²) >= 11 is 0. The largest absolute Gasteiger partial charge is 0.365 e. The normalized spacial score (nSPS) is 48.0. The Bertz CT molecular complexity index is 125. The second-order valence-corrected chi connectivity index (χ2v) is 3.00. The minimum Gasteiger partial charge on any atom is -0.365 e. The van der Waals surface area contributed by atoms with Gasteiger partial charge in [-0.15, -0.1) is 0 Å². The van der Waals surface area contributed by atoms with Gasteiger partial charge in [-0.05, 0) is 13.3 Å². The van der Waals surface area contributed by atoms with E-state index in [9.17, 15) is 4.39 Å². The lowest BCUT2D eigenvalue weighted by molar-refractivity contribution is -0.137.